The van der Waals surface area contributed by atoms with Crippen molar-refractivity contribution in [1.82, 2.24) is 0 Å². The lowest BCUT2D eigenvalue weighted by Gasteiger charge is -2.63. The molecule has 1 unspecified atom stereocenters. The molecule has 0 amide bonds. The Bertz CT molecular complexity index is 1120. The van der Waals surface area contributed by atoms with Crippen LogP contribution in [0.4, 0.5) is 13.6 Å². The van der Waals surface area contributed by atoms with Crippen LogP contribution < -0.4 is 0 Å². The van der Waals surface area contributed by atoms with E-state index in [-0.39, 0.29) is 24.8 Å². The number of hydrogen-bond donors (Lipinski definition) is 2. The SMILES string of the molecule is CC(OC(=O)O[C@]1(C(=O)O)C(C)(C)C[C@H]2[C@@H]3C[C@H](F)C4=CC(=O)C=C[C@]4(C)[C@@]3(F)[C@@H](O)C[C@@]21C)C(C)(C)C. The van der Waals surface area contributed by atoms with Gasteiger partial charge >= 0.3 is 12.1 Å². The average Bonchev–Trinajstić information content (AvgIpc) is 2.94. The summed E-state index contributed by atoms with van der Waals surface area (Å²) in [5.41, 5.74) is -9.24. The summed E-state index contributed by atoms with van der Waals surface area (Å²) in [7, 11) is 0. The van der Waals surface area contributed by atoms with Crippen molar-refractivity contribution >= 4 is 17.9 Å². The zero-order valence-electron chi connectivity index (χ0n) is 23.4. The molecule has 4 aliphatic rings. The van der Waals surface area contributed by atoms with Crippen molar-refractivity contribution in [2.45, 2.75) is 104 Å². The Morgan fingerprint density at radius 2 is 1.74 bits per heavy atom. The van der Waals surface area contributed by atoms with E-state index in [9.17, 15) is 24.6 Å². The number of aliphatic carboxylic acids is 1. The molecule has 0 aromatic rings. The number of carbonyl (C=O) groups excluding carboxylic acids is 2. The molecular weight excluding hydrogens is 498 g/mol. The van der Waals surface area contributed by atoms with Gasteiger partial charge in [0.2, 0.25) is 5.60 Å². The third kappa shape index (κ3) is 3.49. The number of carboxylic acids is 1. The molecule has 9 atom stereocenters. The van der Waals surface area contributed by atoms with Gasteiger partial charge in [-0.25, -0.2) is 18.4 Å². The molecule has 38 heavy (non-hydrogen) atoms. The molecule has 0 radical (unpaired) electrons. The summed E-state index contributed by atoms with van der Waals surface area (Å²) in [6, 6.07) is 0. The van der Waals surface area contributed by atoms with Crippen LogP contribution in [-0.4, -0.2) is 57.8 Å². The number of ketones is 1. The smallest absolute Gasteiger partial charge is 0.478 e. The van der Waals surface area contributed by atoms with Crippen LogP contribution in [0.15, 0.2) is 23.8 Å². The first-order valence-electron chi connectivity index (χ1n) is 13.3. The Morgan fingerprint density at radius 1 is 1.13 bits per heavy atom. The van der Waals surface area contributed by atoms with E-state index in [1.54, 1.807) is 27.7 Å². The molecule has 0 bridgehead atoms. The molecule has 0 heterocycles. The van der Waals surface area contributed by atoms with Gasteiger partial charge in [0.25, 0.3) is 0 Å². The fourth-order valence-electron chi connectivity index (χ4n) is 8.10. The van der Waals surface area contributed by atoms with Crippen LogP contribution in [0, 0.1) is 33.5 Å². The second-order valence-electron chi connectivity index (χ2n) is 13.9. The highest BCUT2D eigenvalue weighted by Gasteiger charge is 2.81. The zero-order chi connectivity index (χ0) is 28.9. The van der Waals surface area contributed by atoms with Gasteiger partial charge in [-0.2, -0.15) is 0 Å². The first-order chi connectivity index (χ1) is 17.2. The van der Waals surface area contributed by atoms with Gasteiger partial charge in [0.05, 0.1) is 6.10 Å². The maximum Gasteiger partial charge on any atom is 0.509 e. The third-order valence-electron chi connectivity index (χ3n) is 10.5. The number of aliphatic hydroxyl groups is 1. The Balaban J connectivity index is 1.82. The van der Waals surface area contributed by atoms with Crippen molar-refractivity contribution in [2.75, 3.05) is 0 Å². The number of rotatable bonds is 3. The molecule has 3 fully saturated rings. The highest BCUT2D eigenvalue weighted by molar-refractivity contribution is 6.01. The molecule has 4 aliphatic carbocycles. The molecule has 7 nitrogen and oxygen atoms in total. The van der Waals surface area contributed by atoms with E-state index in [0.717, 1.165) is 6.08 Å². The summed E-state index contributed by atoms with van der Waals surface area (Å²) < 4.78 is 44.3. The van der Waals surface area contributed by atoms with Crippen LogP contribution in [0.2, 0.25) is 0 Å². The standard InChI is InChI=1S/C29H40F2O7/c1-15(24(2,3)4)37-23(36)38-29(22(34)35)25(5,6)13-19-17-12-20(30)18-11-16(32)9-10-26(18,7)28(17,31)21(33)14-27(19,29)8/h9-11,15,17,19-21,33H,12-14H2,1-8H3,(H,34,35)/t15?,17-,19-,20-,21-,26-,27-,28-,29+/m0/s1. The fraction of sp³-hybridized carbons (Fsp3) is 0.759. The lowest BCUT2D eigenvalue weighted by molar-refractivity contribution is -0.237. The van der Waals surface area contributed by atoms with Gasteiger partial charge < -0.3 is 19.7 Å². The molecular formula is C29H40F2O7. The first kappa shape index (κ1) is 28.7. The topological polar surface area (TPSA) is 110 Å². The lowest BCUT2D eigenvalue weighted by Crippen LogP contribution is -2.71. The number of carboxylic acid groups (broad SMARTS) is 1. The predicted octanol–water partition coefficient (Wildman–Crippen LogP) is 5.35. The lowest BCUT2D eigenvalue weighted by atomic mass is 9.44. The van der Waals surface area contributed by atoms with Crippen molar-refractivity contribution in [3.8, 4) is 0 Å². The molecule has 0 aromatic carbocycles. The van der Waals surface area contributed by atoms with Gasteiger partial charge in [-0.15, -0.1) is 0 Å². The number of hydrogen-bond acceptors (Lipinski definition) is 6. The predicted molar refractivity (Wildman–Crippen MR) is 135 cm³/mol. The summed E-state index contributed by atoms with van der Waals surface area (Å²) >= 11 is 0. The maximum absolute atomic E-state index is 17.4. The van der Waals surface area contributed by atoms with Gasteiger partial charge in [0.1, 0.15) is 12.3 Å². The van der Waals surface area contributed by atoms with Crippen molar-refractivity contribution < 1.29 is 42.9 Å². The van der Waals surface area contributed by atoms with Crippen molar-refractivity contribution in [3.63, 3.8) is 0 Å². The molecule has 9 heteroatoms. The third-order valence-corrected chi connectivity index (χ3v) is 10.5. The van der Waals surface area contributed by atoms with Crippen LogP contribution in [0.25, 0.3) is 0 Å². The van der Waals surface area contributed by atoms with Gasteiger partial charge in [0, 0.05) is 22.2 Å². The fourth-order valence-corrected chi connectivity index (χ4v) is 8.10. The first-order valence-corrected chi connectivity index (χ1v) is 13.3. The minimum Gasteiger partial charge on any atom is -0.478 e. The number of ether oxygens (including phenoxy) is 2. The number of carbonyl (C=O) groups is 3. The number of fused-ring (bicyclic) bond motifs is 5. The van der Waals surface area contributed by atoms with E-state index in [0.29, 0.717) is 0 Å². The van der Waals surface area contributed by atoms with E-state index < -0.39 is 81.1 Å². The second kappa shape index (κ2) is 8.35. The molecule has 3 saturated carbocycles. The Labute approximate surface area is 222 Å². The van der Waals surface area contributed by atoms with Crippen molar-refractivity contribution in [2.24, 2.45) is 33.5 Å². The number of allylic oxidation sites excluding steroid dienone is 4. The van der Waals surface area contributed by atoms with Crippen LogP contribution >= 0.6 is 0 Å². The molecule has 4 rings (SSSR count). The summed E-state index contributed by atoms with van der Waals surface area (Å²) in [6.07, 6.45) is -2.04. The molecule has 212 valence electrons. The van der Waals surface area contributed by atoms with Gasteiger partial charge in [-0.1, -0.05) is 47.6 Å². The largest absolute Gasteiger partial charge is 0.509 e. The maximum atomic E-state index is 17.4. The summed E-state index contributed by atoms with van der Waals surface area (Å²) in [6.45, 7) is 13.6. The van der Waals surface area contributed by atoms with Gasteiger partial charge in [0.15, 0.2) is 11.5 Å². The second-order valence-corrected chi connectivity index (χ2v) is 13.9. The Morgan fingerprint density at radius 3 is 2.29 bits per heavy atom. The van der Waals surface area contributed by atoms with Crippen LogP contribution in [0.1, 0.15) is 74.7 Å². The molecule has 0 aromatic heterocycles. The van der Waals surface area contributed by atoms with Gasteiger partial charge in [-0.3, -0.25) is 4.79 Å². The summed E-state index contributed by atoms with van der Waals surface area (Å²) in [4.78, 5) is 38.2. The van der Waals surface area contributed by atoms with E-state index in [1.165, 1.54) is 19.1 Å². The molecule has 0 saturated heterocycles. The van der Waals surface area contributed by atoms with E-state index in [1.807, 2.05) is 20.8 Å². The Kier molecular flexibility index (Phi) is 6.31. The van der Waals surface area contributed by atoms with Crippen LogP contribution in [0.5, 0.6) is 0 Å². The molecule has 0 aliphatic heterocycles. The number of alkyl halides is 2. The van der Waals surface area contributed by atoms with E-state index >= 15 is 8.78 Å². The number of halogens is 2. The highest BCUT2D eigenvalue weighted by Crippen LogP contribution is 2.74. The van der Waals surface area contributed by atoms with Crippen molar-refractivity contribution in [3.05, 3.63) is 23.8 Å². The minimum atomic E-state index is -2.37. The summed E-state index contributed by atoms with van der Waals surface area (Å²) in [5, 5.41) is 22.2. The molecule has 2 N–H and O–H groups in total. The average molecular weight is 539 g/mol. The van der Waals surface area contributed by atoms with Crippen LogP contribution in [0.3, 0.4) is 0 Å². The monoisotopic (exact) mass is 538 g/mol. The van der Waals surface area contributed by atoms with Gasteiger partial charge in [-0.05, 0) is 62.2 Å². The highest BCUT2D eigenvalue weighted by atomic mass is 19.1. The van der Waals surface area contributed by atoms with E-state index in [4.69, 9.17) is 9.47 Å². The summed E-state index contributed by atoms with van der Waals surface area (Å²) in [5.74, 6) is -3.72. The minimum absolute atomic E-state index is 0.0100. The number of aliphatic hydroxyl groups excluding tert-OH is 1. The van der Waals surface area contributed by atoms with E-state index in [2.05, 4.69) is 0 Å². The van der Waals surface area contributed by atoms with Crippen molar-refractivity contribution in [1.29, 1.82) is 0 Å². The quantitative estimate of drug-likeness (QED) is 0.466. The zero-order valence-corrected chi connectivity index (χ0v) is 23.4. The molecule has 0 spiro atoms. The normalized spacial score (nSPS) is 44.3. The Hall–Kier alpha value is -2.29. The van der Waals surface area contributed by atoms with Crippen LogP contribution in [-0.2, 0) is 19.1 Å².